The van der Waals surface area contributed by atoms with E-state index in [1.807, 2.05) is 24.3 Å². The van der Waals surface area contributed by atoms with E-state index in [1.165, 1.54) is 6.07 Å². The summed E-state index contributed by atoms with van der Waals surface area (Å²) in [6, 6.07) is 13.8. The Morgan fingerprint density at radius 3 is 2.52 bits per heavy atom. The molecule has 0 radical (unpaired) electrons. The maximum Gasteiger partial charge on any atom is 0.292 e. The van der Waals surface area contributed by atoms with Gasteiger partial charge in [-0.25, -0.2) is 0 Å². The summed E-state index contributed by atoms with van der Waals surface area (Å²) in [6.45, 7) is 0.777. The number of benzene rings is 2. The Kier molecular flexibility index (Phi) is 8.47. The smallest absolute Gasteiger partial charge is 0.292 e. The van der Waals surface area contributed by atoms with Gasteiger partial charge in [0.15, 0.2) is 5.96 Å². The van der Waals surface area contributed by atoms with Crippen LogP contribution in [0.15, 0.2) is 53.5 Å². The SMILES string of the molecule is COc1ccccc1NC(N)=NCCNc1ccccc1[N+](=O)[O-].I. The number of hydrogen-bond donors (Lipinski definition) is 3. The van der Waals surface area contributed by atoms with E-state index in [0.717, 1.165) is 0 Å². The standard InChI is InChI=1S/C16H19N5O3.HI/c1-24-15-9-5-3-7-13(15)20-16(17)19-11-10-18-12-6-2-4-8-14(12)21(22)23;/h2-9,18H,10-11H2,1H3,(H3,17,19,20);1H. The highest BCUT2D eigenvalue weighted by Gasteiger charge is 2.11. The molecule has 2 rings (SSSR count). The first kappa shape index (κ1) is 20.5. The van der Waals surface area contributed by atoms with Gasteiger partial charge in [0.1, 0.15) is 11.4 Å². The molecule has 0 atom stereocenters. The van der Waals surface area contributed by atoms with Crippen LogP contribution >= 0.6 is 24.0 Å². The maximum absolute atomic E-state index is 10.9. The molecule has 0 aliphatic heterocycles. The molecule has 0 bridgehead atoms. The Balaban J connectivity index is 0.00000312. The highest BCUT2D eigenvalue weighted by Crippen LogP contribution is 2.23. The van der Waals surface area contributed by atoms with E-state index in [1.54, 1.807) is 25.3 Å². The summed E-state index contributed by atoms with van der Waals surface area (Å²) in [7, 11) is 1.57. The van der Waals surface area contributed by atoms with Crippen LogP contribution in [-0.4, -0.2) is 31.1 Å². The lowest BCUT2D eigenvalue weighted by Gasteiger charge is -2.10. The molecule has 0 heterocycles. The average Bonchev–Trinajstić information content (AvgIpc) is 2.59. The van der Waals surface area contributed by atoms with E-state index in [-0.39, 0.29) is 35.6 Å². The molecule has 0 fully saturated rings. The van der Waals surface area contributed by atoms with Gasteiger partial charge in [-0.05, 0) is 18.2 Å². The molecule has 0 unspecified atom stereocenters. The van der Waals surface area contributed by atoms with Crippen LogP contribution in [0, 0.1) is 10.1 Å². The molecule has 134 valence electrons. The summed E-state index contributed by atoms with van der Waals surface area (Å²) >= 11 is 0. The van der Waals surface area contributed by atoms with E-state index < -0.39 is 4.92 Å². The zero-order chi connectivity index (χ0) is 17.4. The van der Waals surface area contributed by atoms with Crippen molar-refractivity contribution in [3.05, 3.63) is 58.6 Å². The number of aliphatic imine (C=N–C) groups is 1. The Labute approximate surface area is 162 Å². The number of anilines is 2. The van der Waals surface area contributed by atoms with Crippen LogP contribution < -0.4 is 21.1 Å². The summed E-state index contributed by atoms with van der Waals surface area (Å²) in [5.74, 6) is 0.901. The predicted octanol–water partition coefficient (Wildman–Crippen LogP) is 3.06. The summed E-state index contributed by atoms with van der Waals surface area (Å²) < 4.78 is 5.22. The highest BCUT2D eigenvalue weighted by atomic mass is 127. The second-order valence-electron chi connectivity index (χ2n) is 4.79. The molecule has 9 heteroatoms. The molecule has 0 saturated heterocycles. The minimum absolute atomic E-state index is 0. The average molecular weight is 457 g/mol. The van der Waals surface area contributed by atoms with Gasteiger partial charge in [-0.15, -0.1) is 24.0 Å². The lowest BCUT2D eigenvalue weighted by molar-refractivity contribution is -0.384. The fourth-order valence-corrected chi connectivity index (χ4v) is 2.07. The van der Waals surface area contributed by atoms with Crippen LogP contribution in [0.25, 0.3) is 0 Å². The number of rotatable bonds is 7. The third-order valence-electron chi connectivity index (χ3n) is 3.18. The first-order valence-corrected chi connectivity index (χ1v) is 7.29. The number of nitrogens with one attached hydrogen (secondary N) is 2. The molecule has 0 saturated carbocycles. The van der Waals surface area contributed by atoms with Crippen molar-refractivity contribution < 1.29 is 9.66 Å². The molecule has 0 aliphatic rings. The summed E-state index contributed by atoms with van der Waals surface area (Å²) in [5, 5.41) is 16.9. The first-order chi connectivity index (χ1) is 11.6. The number of nitro benzene ring substituents is 1. The van der Waals surface area contributed by atoms with Crippen molar-refractivity contribution in [1.29, 1.82) is 0 Å². The van der Waals surface area contributed by atoms with Gasteiger partial charge in [0.2, 0.25) is 0 Å². The number of halogens is 1. The molecular weight excluding hydrogens is 437 g/mol. The molecule has 0 amide bonds. The molecule has 25 heavy (non-hydrogen) atoms. The third-order valence-corrected chi connectivity index (χ3v) is 3.18. The van der Waals surface area contributed by atoms with E-state index in [9.17, 15) is 10.1 Å². The van der Waals surface area contributed by atoms with Gasteiger partial charge >= 0.3 is 0 Å². The largest absolute Gasteiger partial charge is 0.495 e. The van der Waals surface area contributed by atoms with Crippen LogP contribution in [0.4, 0.5) is 17.1 Å². The molecule has 2 aromatic carbocycles. The Morgan fingerprint density at radius 2 is 1.84 bits per heavy atom. The van der Waals surface area contributed by atoms with Gasteiger partial charge in [-0.2, -0.15) is 0 Å². The van der Waals surface area contributed by atoms with Crippen molar-refractivity contribution in [2.24, 2.45) is 10.7 Å². The maximum atomic E-state index is 10.9. The predicted molar refractivity (Wildman–Crippen MR) is 110 cm³/mol. The Morgan fingerprint density at radius 1 is 1.20 bits per heavy atom. The number of nitrogens with zero attached hydrogens (tertiary/aromatic N) is 2. The first-order valence-electron chi connectivity index (χ1n) is 7.29. The number of nitro groups is 1. The normalized spacial score (nSPS) is 10.5. The molecule has 0 aromatic heterocycles. The van der Waals surface area contributed by atoms with Crippen molar-refractivity contribution in [2.75, 3.05) is 30.8 Å². The monoisotopic (exact) mass is 457 g/mol. The molecule has 0 spiro atoms. The van der Waals surface area contributed by atoms with Crippen LogP contribution in [0.2, 0.25) is 0 Å². The Bertz CT molecular complexity index is 739. The fourth-order valence-electron chi connectivity index (χ4n) is 2.07. The van der Waals surface area contributed by atoms with Crippen molar-refractivity contribution in [2.45, 2.75) is 0 Å². The van der Waals surface area contributed by atoms with Crippen LogP contribution in [0.3, 0.4) is 0 Å². The second-order valence-corrected chi connectivity index (χ2v) is 4.79. The number of hydrogen-bond acceptors (Lipinski definition) is 5. The zero-order valence-electron chi connectivity index (χ0n) is 13.6. The second kappa shape index (κ2) is 10.3. The van der Waals surface area contributed by atoms with E-state index in [0.29, 0.717) is 30.2 Å². The van der Waals surface area contributed by atoms with Gasteiger partial charge in [-0.1, -0.05) is 24.3 Å². The molecule has 4 N–H and O–H groups in total. The molecule has 8 nitrogen and oxygen atoms in total. The highest BCUT2D eigenvalue weighted by molar-refractivity contribution is 14.0. The summed E-state index contributed by atoms with van der Waals surface area (Å²) in [6.07, 6.45) is 0. The Hall–Kier alpha value is -2.56. The lowest BCUT2D eigenvalue weighted by Crippen LogP contribution is -2.24. The van der Waals surface area contributed by atoms with Gasteiger partial charge in [0.25, 0.3) is 5.69 Å². The number of ether oxygens (including phenoxy) is 1. The van der Waals surface area contributed by atoms with E-state index >= 15 is 0 Å². The molecule has 0 aliphatic carbocycles. The van der Waals surface area contributed by atoms with Gasteiger partial charge in [0.05, 0.1) is 24.3 Å². The van der Waals surface area contributed by atoms with Gasteiger partial charge in [-0.3, -0.25) is 15.1 Å². The number of para-hydroxylation sites is 4. The quantitative estimate of drug-likeness (QED) is 0.147. The number of guanidine groups is 1. The van der Waals surface area contributed by atoms with Gasteiger partial charge in [0, 0.05) is 12.6 Å². The molecule has 2 aromatic rings. The molecular formula is C16H20IN5O3. The van der Waals surface area contributed by atoms with Crippen molar-refractivity contribution in [1.82, 2.24) is 0 Å². The van der Waals surface area contributed by atoms with E-state index in [4.69, 9.17) is 10.5 Å². The fraction of sp³-hybridized carbons (Fsp3) is 0.188. The van der Waals surface area contributed by atoms with Crippen molar-refractivity contribution in [3.8, 4) is 5.75 Å². The van der Waals surface area contributed by atoms with E-state index in [2.05, 4.69) is 15.6 Å². The zero-order valence-corrected chi connectivity index (χ0v) is 16.0. The van der Waals surface area contributed by atoms with Crippen molar-refractivity contribution >= 4 is 47.0 Å². The van der Waals surface area contributed by atoms with Gasteiger partial charge < -0.3 is 21.1 Å². The third kappa shape index (κ3) is 6.10. The van der Waals surface area contributed by atoms with Crippen LogP contribution in [-0.2, 0) is 0 Å². The summed E-state index contributed by atoms with van der Waals surface area (Å²) in [4.78, 5) is 14.7. The summed E-state index contributed by atoms with van der Waals surface area (Å²) in [5.41, 5.74) is 7.03. The topological polar surface area (TPSA) is 115 Å². The lowest BCUT2D eigenvalue weighted by atomic mass is 10.2. The van der Waals surface area contributed by atoms with Crippen LogP contribution in [0.5, 0.6) is 5.75 Å². The van der Waals surface area contributed by atoms with Crippen molar-refractivity contribution in [3.63, 3.8) is 0 Å². The number of nitrogens with two attached hydrogens (primary N) is 1. The number of methoxy groups -OCH3 is 1. The minimum Gasteiger partial charge on any atom is -0.495 e. The van der Waals surface area contributed by atoms with Crippen LogP contribution in [0.1, 0.15) is 0 Å². The minimum atomic E-state index is -0.427.